The van der Waals surface area contributed by atoms with Gasteiger partial charge < -0.3 is 5.11 Å². The van der Waals surface area contributed by atoms with Gasteiger partial charge >= 0.3 is 0 Å². The quantitative estimate of drug-likeness (QED) is 0.703. The summed E-state index contributed by atoms with van der Waals surface area (Å²) in [6.07, 6.45) is -0.140. The molecule has 0 saturated carbocycles. The van der Waals surface area contributed by atoms with Gasteiger partial charge in [-0.3, -0.25) is 0 Å². The van der Waals surface area contributed by atoms with E-state index in [1.807, 2.05) is 0 Å². The van der Waals surface area contributed by atoms with E-state index < -0.39 is 17.3 Å². The Morgan fingerprint density at radius 3 is 2.64 bits per heavy atom. The lowest BCUT2D eigenvalue weighted by atomic mass is 10.1. The molecule has 2 atom stereocenters. The predicted molar refractivity (Wildman–Crippen MR) is 42.1 cm³/mol. The Labute approximate surface area is 69.2 Å². The average molecular weight is 182 g/mol. The Balaban J connectivity index is 2.55. The van der Waals surface area contributed by atoms with Gasteiger partial charge in [0.25, 0.3) is 5.92 Å². The van der Waals surface area contributed by atoms with Crippen LogP contribution in [0.5, 0.6) is 0 Å². The third-order valence-electron chi connectivity index (χ3n) is 1.92. The van der Waals surface area contributed by atoms with Crippen LogP contribution in [0.2, 0.25) is 0 Å². The highest BCUT2D eigenvalue weighted by atomic mass is 32.2. The lowest BCUT2D eigenvalue weighted by Gasteiger charge is -2.24. The monoisotopic (exact) mass is 182 g/mol. The number of hydrogen-bond donors (Lipinski definition) is 1. The van der Waals surface area contributed by atoms with E-state index in [0.717, 1.165) is 19.1 Å². The van der Waals surface area contributed by atoms with Crippen LogP contribution >= 0.6 is 11.8 Å². The molecule has 0 aliphatic carbocycles. The zero-order valence-electron chi connectivity index (χ0n) is 6.39. The Morgan fingerprint density at radius 2 is 2.27 bits per heavy atom. The summed E-state index contributed by atoms with van der Waals surface area (Å²) < 4.78 is 26.0. The standard InChI is InChI=1S/C7H12F2OS/c1-5(10)7(8,9)6-3-2-4-11-6/h5-6,10H,2-4H2,1H3. The highest BCUT2D eigenvalue weighted by Gasteiger charge is 2.45. The summed E-state index contributed by atoms with van der Waals surface area (Å²) in [5, 5.41) is 8.11. The van der Waals surface area contributed by atoms with Crippen molar-refractivity contribution >= 4 is 11.8 Å². The van der Waals surface area contributed by atoms with Crippen LogP contribution in [0.15, 0.2) is 0 Å². The van der Waals surface area contributed by atoms with Gasteiger partial charge in [-0.2, -0.15) is 11.8 Å². The zero-order valence-corrected chi connectivity index (χ0v) is 7.20. The summed E-state index contributed by atoms with van der Waals surface area (Å²) in [5.41, 5.74) is 0. The van der Waals surface area contributed by atoms with Crippen molar-refractivity contribution in [2.24, 2.45) is 0 Å². The molecule has 1 rings (SSSR count). The second kappa shape index (κ2) is 3.27. The first-order valence-corrected chi connectivity index (χ1v) is 4.77. The number of aliphatic hydroxyl groups excluding tert-OH is 1. The van der Waals surface area contributed by atoms with E-state index in [1.165, 1.54) is 11.8 Å². The molecule has 11 heavy (non-hydrogen) atoms. The van der Waals surface area contributed by atoms with Crippen LogP contribution in [-0.2, 0) is 0 Å². The van der Waals surface area contributed by atoms with E-state index in [4.69, 9.17) is 5.11 Å². The Morgan fingerprint density at radius 1 is 1.64 bits per heavy atom. The van der Waals surface area contributed by atoms with Crippen molar-refractivity contribution in [2.75, 3.05) is 5.75 Å². The molecule has 1 N–H and O–H groups in total. The van der Waals surface area contributed by atoms with Crippen molar-refractivity contribution < 1.29 is 13.9 Å². The molecular formula is C7H12F2OS. The molecule has 0 bridgehead atoms. The van der Waals surface area contributed by atoms with Gasteiger partial charge in [-0.15, -0.1) is 0 Å². The van der Waals surface area contributed by atoms with Crippen molar-refractivity contribution in [3.05, 3.63) is 0 Å². The van der Waals surface area contributed by atoms with Gasteiger partial charge in [0.1, 0.15) is 6.10 Å². The normalized spacial score (nSPS) is 28.9. The van der Waals surface area contributed by atoms with Crippen LogP contribution in [0.1, 0.15) is 19.8 Å². The Hall–Kier alpha value is 0.170. The Kier molecular flexibility index (Phi) is 2.75. The minimum Gasteiger partial charge on any atom is -0.387 e. The fourth-order valence-corrected chi connectivity index (χ4v) is 2.52. The lowest BCUT2D eigenvalue weighted by molar-refractivity contribution is -0.0995. The number of thioether (sulfide) groups is 1. The van der Waals surface area contributed by atoms with Crippen LogP contribution in [-0.4, -0.2) is 28.1 Å². The molecule has 0 aromatic carbocycles. The molecule has 1 nitrogen and oxygen atoms in total. The number of aliphatic hydroxyl groups is 1. The van der Waals surface area contributed by atoms with E-state index in [0.29, 0.717) is 6.42 Å². The van der Waals surface area contributed by atoms with Crippen LogP contribution in [0.4, 0.5) is 8.78 Å². The average Bonchev–Trinajstić information content (AvgIpc) is 2.37. The van der Waals surface area contributed by atoms with Gasteiger partial charge in [-0.1, -0.05) is 0 Å². The number of hydrogen-bond acceptors (Lipinski definition) is 2. The van der Waals surface area contributed by atoms with Crippen molar-refractivity contribution in [3.8, 4) is 0 Å². The SMILES string of the molecule is CC(O)C(F)(F)C1CCCS1. The van der Waals surface area contributed by atoms with Gasteiger partial charge in [0.15, 0.2) is 0 Å². The minimum absolute atomic E-state index is 0.530. The van der Waals surface area contributed by atoms with Gasteiger partial charge in [-0.05, 0) is 25.5 Å². The smallest absolute Gasteiger partial charge is 0.284 e. The van der Waals surface area contributed by atoms with Crippen LogP contribution < -0.4 is 0 Å². The molecule has 1 heterocycles. The first kappa shape index (κ1) is 9.26. The summed E-state index contributed by atoms with van der Waals surface area (Å²) >= 11 is 1.27. The Bertz CT molecular complexity index is 132. The van der Waals surface area contributed by atoms with Crippen LogP contribution in [0.25, 0.3) is 0 Å². The van der Waals surface area contributed by atoms with E-state index in [-0.39, 0.29) is 0 Å². The predicted octanol–water partition coefficient (Wildman–Crippen LogP) is 1.90. The number of halogens is 2. The van der Waals surface area contributed by atoms with E-state index in [1.54, 1.807) is 0 Å². The van der Waals surface area contributed by atoms with Gasteiger partial charge in [0.2, 0.25) is 0 Å². The fourth-order valence-electron chi connectivity index (χ4n) is 1.15. The molecule has 2 unspecified atom stereocenters. The van der Waals surface area contributed by atoms with Crippen molar-refractivity contribution in [1.82, 2.24) is 0 Å². The molecule has 66 valence electrons. The summed E-state index contributed by atoms with van der Waals surface area (Å²) in [6.45, 7) is 1.15. The van der Waals surface area contributed by atoms with Gasteiger partial charge in [0, 0.05) is 0 Å². The molecule has 1 aliphatic heterocycles. The second-order valence-corrected chi connectivity index (χ2v) is 4.16. The molecule has 1 aliphatic rings. The molecule has 0 aromatic rings. The summed E-state index contributed by atoms with van der Waals surface area (Å²) in [4.78, 5) is 0. The summed E-state index contributed by atoms with van der Waals surface area (Å²) in [7, 11) is 0. The van der Waals surface area contributed by atoms with Crippen molar-refractivity contribution in [1.29, 1.82) is 0 Å². The first-order chi connectivity index (χ1) is 5.05. The molecular weight excluding hydrogens is 170 g/mol. The molecule has 0 spiro atoms. The topological polar surface area (TPSA) is 20.2 Å². The fraction of sp³-hybridized carbons (Fsp3) is 1.00. The molecule has 0 amide bonds. The molecule has 4 heteroatoms. The maximum atomic E-state index is 13.0. The van der Waals surface area contributed by atoms with E-state index >= 15 is 0 Å². The minimum atomic E-state index is -2.90. The van der Waals surface area contributed by atoms with E-state index in [9.17, 15) is 8.78 Å². The van der Waals surface area contributed by atoms with Gasteiger partial charge in [-0.25, -0.2) is 8.78 Å². The highest BCUT2D eigenvalue weighted by Crippen LogP contribution is 2.39. The maximum Gasteiger partial charge on any atom is 0.284 e. The maximum absolute atomic E-state index is 13.0. The van der Waals surface area contributed by atoms with E-state index in [2.05, 4.69) is 0 Å². The zero-order chi connectivity index (χ0) is 8.48. The summed E-state index contributed by atoms with van der Waals surface area (Å²) in [6, 6.07) is 0. The van der Waals surface area contributed by atoms with Crippen molar-refractivity contribution in [2.45, 2.75) is 37.0 Å². The molecule has 0 radical (unpaired) electrons. The highest BCUT2D eigenvalue weighted by molar-refractivity contribution is 8.00. The molecule has 0 aromatic heterocycles. The van der Waals surface area contributed by atoms with Crippen LogP contribution in [0.3, 0.4) is 0 Å². The van der Waals surface area contributed by atoms with Crippen molar-refractivity contribution in [3.63, 3.8) is 0 Å². The number of alkyl halides is 2. The third-order valence-corrected chi connectivity index (χ3v) is 3.39. The largest absolute Gasteiger partial charge is 0.387 e. The van der Waals surface area contributed by atoms with Gasteiger partial charge in [0.05, 0.1) is 5.25 Å². The molecule has 1 fully saturated rings. The number of rotatable bonds is 2. The lowest BCUT2D eigenvalue weighted by Crippen LogP contribution is -2.39. The van der Waals surface area contributed by atoms with Crippen LogP contribution in [0, 0.1) is 0 Å². The third kappa shape index (κ3) is 1.85. The first-order valence-electron chi connectivity index (χ1n) is 3.72. The second-order valence-electron chi connectivity index (χ2n) is 2.85. The summed E-state index contributed by atoms with van der Waals surface area (Å²) in [5.74, 6) is -2.10. The molecule has 1 saturated heterocycles.